The van der Waals surface area contributed by atoms with E-state index in [2.05, 4.69) is 10.5 Å². The monoisotopic (exact) mass is 448 g/mol. The predicted octanol–water partition coefficient (Wildman–Crippen LogP) is 4.76. The van der Waals surface area contributed by atoms with Crippen LogP contribution in [0.2, 0.25) is 0 Å². The Balaban J connectivity index is 1.72. The second kappa shape index (κ2) is 8.20. The maximum atomic E-state index is 14.3. The molecule has 8 heteroatoms. The fourth-order valence-corrected chi connectivity index (χ4v) is 4.24. The summed E-state index contributed by atoms with van der Waals surface area (Å²) in [5.74, 6) is -0.598. The molecule has 4 rings (SSSR count). The number of aromatic nitrogens is 3. The van der Waals surface area contributed by atoms with E-state index >= 15 is 0 Å². The number of nitrogens with zero attached hydrogens (tertiary/aromatic N) is 3. The molecule has 2 aromatic heterocycles. The fraction of sp³-hybridized carbons (Fsp3) is 0.240. The van der Waals surface area contributed by atoms with Crippen LogP contribution in [0.1, 0.15) is 38.4 Å². The van der Waals surface area contributed by atoms with Crippen LogP contribution in [0, 0.1) is 40.4 Å². The molecule has 0 aliphatic heterocycles. The number of anilines is 1. The van der Waals surface area contributed by atoms with E-state index in [-0.39, 0.29) is 17.1 Å². The number of benzene rings is 2. The quantitative estimate of drug-likeness (QED) is 0.488. The van der Waals surface area contributed by atoms with Gasteiger partial charge in [-0.05, 0) is 57.9 Å². The van der Waals surface area contributed by atoms with E-state index in [9.17, 15) is 14.0 Å². The third-order valence-corrected chi connectivity index (χ3v) is 5.92. The van der Waals surface area contributed by atoms with Crippen LogP contribution in [-0.4, -0.2) is 20.4 Å². The Morgan fingerprint density at radius 3 is 2.33 bits per heavy atom. The minimum Gasteiger partial charge on any atom is -0.355 e. The molecule has 2 heterocycles. The van der Waals surface area contributed by atoms with E-state index in [0.29, 0.717) is 17.0 Å². The highest BCUT2D eigenvalue weighted by molar-refractivity contribution is 6.04. The molecule has 0 unspecified atom stereocenters. The van der Waals surface area contributed by atoms with Gasteiger partial charge in [0.2, 0.25) is 0 Å². The lowest BCUT2D eigenvalue weighted by atomic mass is 9.95. The van der Waals surface area contributed by atoms with Gasteiger partial charge in [0.1, 0.15) is 17.2 Å². The van der Waals surface area contributed by atoms with Crippen LogP contribution in [0.25, 0.3) is 17.0 Å². The van der Waals surface area contributed by atoms with E-state index < -0.39 is 17.3 Å². The molecule has 33 heavy (non-hydrogen) atoms. The molecular formula is C25H25FN4O3. The Labute approximate surface area is 190 Å². The van der Waals surface area contributed by atoms with E-state index in [0.717, 1.165) is 22.3 Å². The highest BCUT2D eigenvalue weighted by atomic mass is 19.1. The first-order chi connectivity index (χ1) is 15.6. The molecule has 7 nitrogen and oxygen atoms in total. The van der Waals surface area contributed by atoms with Gasteiger partial charge in [-0.2, -0.15) is 0 Å². The van der Waals surface area contributed by atoms with Gasteiger partial charge in [0.25, 0.3) is 11.5 Å². The number of rotatable bonds is 4. The third-order valence-electron chi connectivity index (χ3n) is 5.92. The van der Waals surface area contributed by atoms with E-state index in [1.54, 1.807) is 33.0 Å². The molecular weight excluding hydrogens is 423 g/mol. The molecule has 0 saturated carbocycles. The van der Waals surface area contributed by atoms with Crippen molar-refractivity contribution in [2.75, 3.05) is 5.32 Å². The van der Waals surface area contributed by atoms with Crippen molar-refractivity contribution >= 4 is 11.6 Å². The van der Waals surface area contributed by atoms with E-state index in [4.69, 9.17) is 4.52 Å². The van der Waals surface area contributed by atoms with Crippen molar-refractivity contribution in [1.29, 1.82) is 0 Å². The van der Waals surface area contributed by atoms with Crippen molar-refractivity contribution in [3.8, 4) is 17.0 Å². The lowest BCUT2D eigenvalue weighted by molar-refractivity contribution is 0.101. The molecule has 0 fully saturated rings. The van der Waals surface area contributed by atoms with Crippen LogP contribution in [0.3, 0.4) is 0 Å². The zero-order chi connectivity index (χ0) is 24.0. The Kier molecular flexibility index (Phi) is 5.53. The number of carbonyl (C=O) groups excluding carboxylic acids is 1. The van der Waals surface area contributed by atoms with Gasteiger partial charge in [0.05, 0.1) is 5.69 Å². The number of hydrogen-bond donors (Lipinski definition) is 1. The zero-order valence-corrected chi connectivity index (χ0v) is 19.4. The molecule has 0 aliphatic rings. The highest BCUT2D eigenvalue weighted by Crippen LogP contribution is 2.32. The Hall–Kier alpha value is -3.94. The molecule has 4 aromatic rings. The van der Waals surface area contributed by atoms with E-state index in [1.807, 2.05) is 32.9 Å². The lowest BCUT2D eigenvalue weighted by Gasteiger charge is -2.09. The van der Waals surface area contributed by atoms with Crippen molar-refractivity contribution in [2.24, 2.45) is 7.05 Å². The SMILES string of the molecule is Cc1cc(C)c(-c2onc(C(=O)Nc3c(C)n(C)n(-c4ccccc4F)c3=O)c2C)c(C)c1. The second-order valence-corrected chi connectivity index (χ2v) is 8.27. The third kappa shape index (κ3) is 3.67. The number of para-hydroxylation sites is 1. The molecule has 2 aromatic carbocycles. The first-order valence-electron chi connectivity index (χ1n) is 10.5. The summed E-state index contributed by atoms with van der Waals surface area (Å²) in [6, 6.07) is 10.1. The minimum atomic E-state index is -0.573. The minimum absolute atomic E-state index is 0.0531. The summed E-state index contributed by atoms with van der Waals surface area (Å²) in [5, 5.41) is 6.64. The van der Waals surface area contributed by atoms with Gasteiger partial charge in [-0.3, -0.25) is 14.3 Å². The average molecular weight is 448 g/mol. The molecule has 1 N–H and O–H groups in total. The summed E-state index contributed by atoms with van der Waals surface area (Å²) in [7, 11) is 1.63. The van der Waals surface area contributed by atoms with Gasteiger partial charge < -0.3 is 9.84 Å². The second-order valence-electron chi connectivity index (χ2n) is 8.27. The number of carbonyl (C=O) groups is 1. The summed E-state index contributed by atoms with van der Waals surface area (Å²) < 4.78 is 22.6. The standard InChI is InChI=1S/C25H25FN4O3/c1-13-11-14(2)20(15(3)12-13)23-16(4)21(28-33-23)24(31)27-22-17(5)29(6)30(25(22)32)19-10-8-7-9-18(19)26/h7-12H,1-6H3,(H,27,31). The molecule has 0 saturated heterocycles. The molecule has 170 valence electrons. The number of amides is 1. The van der Waals surface area contributed by atoms with Gasteiger partial charge in [0, 0.05) is 18.2 Å². The summed E-state index contributed by atoms with van der Waals surface area (Å²) in [4.78, 5) is 26.1. The van der Waals surface area contributed by atoms with Gasteiger partial charge >= 0.3 is 0 Å². The van der Waals surface area contributed by atoms with Crippen molar-refractivity contribution in [3.63, 3.8) is 0 Å². The molecule has 1 amide bonds. The summed E-state index contributed by atoms with van der Waals surface area (Å²) in [5.41, 5.74) is 4.81. The van der Waals surface area contributed by atoms with Crippen molar-refractivity contribution in [2.45, 2.75) is 34.6 Å². The zero-order valence-electron chi connectivity index (χ0n) is 19.4. The Bertz CT molecular complexity index is 1440. The summed E-state index contributed by atoms with van der Waals surface area (Å²) in [6.45, 7) is 9.42. The van der Waals surface area contributed by atoms with Crippen LogP contribution in [0.15, 0.2) is 45.7 Å². The Morgan fingerprint density at radius 1 is 1.06 bits per heavy atom. The Morgan fingerprint density at radius 2 is 1.70 bits per heavy atom. The first kappa shape index (κ1) is 22.3. The summed E-state index contributed by atoms with van der Waals surface area (Å²) >= 11 is 0. The molecule has 0 atom stereocenters. The van der Waals surface area contributed by atoms with Crippen molar-refractivity contribution < 1.29 is 13.7 Å². The molecule has 0 radical (unpaired) electrons. The normalized spacial score (nSPS) is 11.1. The van der Waals surface area contributed by atoms with E-state index in [1.165, 1.54) is 21.5 Å². The van der Waals surface area contributed by atoms with Crippen molar-refractivity contribution in [1.82, 2.24) is 14.5 Å². The van der Waals surface area contributed by atoms with Crippen molar-refractivity contribution in [3.05, 3.63) is 86.2 Å². The first-order valence-corrected chi connectivity index (χ1v) is 10.5. The summed E-state index contributed by atoms with van der Waals surface area (Å²) in [6.07, 6.45) is 0. The van der Waals surface area contributed by atoms with Gasteiger partial charge in [-0.25, -0.2) is 9.07 Å². The largest absolute Gasteiger partial charge is 0.355 e. The average Bonchev–Trinajstić information content (AvgIpc) is 3.21. The molecule has 0 spiro atoms. The van der Waals surface area contributed by atoms with Crippen LogP contribution in [-0.2, 0) is 7.05 Å². The maximum Gasteiger partial charge on any atom is 0.295 e. The fourth-order valence-electron chi connectivity index (χ4n) is 4.24. The topological polar surface area (TPSA) is 82.1 Å². The number of nitrogens with one attached hydrogen (secondary N) is 1. The smallest absolute Gasteiger partial charge is 0.295 e. The van der Waals surface area contributed by atoms with Crippen LogP contribution >= 0.6 is 0 Å². The van der Waals surface area contributed by atoms with Gasteiger partial charge in [-0.15, -0.1) is 0 Å². The van der Waals surface area contributed by atoms with Gasteiger partial charge in [0.15, 0.2) is 11.5 Å². The van der Waals surface area contributed by atoms with Crippen LogP contribution < -0.4 is 10.9 Å². The lowest BCUT2D eigenvalue weighted by Crippen LogP contribution is -2.24. The van der Waals surface area contributed by atoms with Crippen LogP contribution in [0.5, 0.6) is 0 Å². The van der Waals surface area contributed by atoms with Gasteiger partial charge in [-0.1, -0.05) is 35.0 Å². The maximum absolute atomic E-state index is 14.3. The highest BCUT2D eigenvalue weighted by Gasteiger charge is 2.25. The molecule has 0 aliphatic carbocycles. The molecule has 0 bridgehead atoms. The number of halogens is 1. The van der Waals surface area contributed by atoms with Crippen LogP contribution in [0.4, 0.5) is 10.1 Å². The number of aryl methyl sites for hydroxylation is 3. The predicted molar refractivity (Wildman–Crippen MR) is 125 cm³/mol. The number of hydrogen-bond acceptors (Lipinski definition) is 4.